The maximum absolute atomic E-state index is 12.8. The van der Waals surface area contributed by atoms with Gasteiger partial charge in [0.25, 0.3) is 0 Å². The van der Waals surface area contributed by atoms with Crippen LogP contribution in [0.25, 0.3) is 0 Å². The Bertz CT molecular complexity index is 999. The van der Waals surface area contributed by atoms with Crippen LogP contribution in [0.4, 0.5) is 0 Å². The van der Waals surface area contributed by atoms with E-state index < -0.39 is 11.9 Å². The second-order valence-corrected chi connectivity index (χ2v) is 6.84. The minimum Gasteiger partial charge on any atom is -0.458 e. The fraction of sp³-hybridized carbons (Fsp3) is 0.250. The van der Waals surface area contributed by atoms with Crippen molar-refractivity contribution >= 4 is 17.6 Å². The summed E-state index contributed by atoms with van der Waals surface area (Å²) >= 11 is 5.97. The average molecular weight is 400 g/mol. The fourth-order valence-electron chi connectivity index (χ4n) is 3.09. The van der Waals surface area contributed by atoms with Gasteiger partial charge in [0, 0.05) is 5.02 Å². The standard InChI is InChI=1S/C20H20ClN4O3/c1-13-17(20(26)27-10-9-25-8-7-24(2)12-25)18(16(11-22)19(23)28-13)14-3-5-15(21)6-4-14/h3-8,12,18H,9-10,23H2,1-2H3/q+1. The van der Waals surface area contributed by atoms with Crippen LogP contribution in [0.1, 0.15) is 18.4 Å². The lowest BCUT2D eigenvalue weighted by molar-refractivity contribution is -0.671. The molecule has 7 nitrogen and oxygen atoms in total. The molecule has 1 unspecified atom stereocenters. The molecule has 0 aliphatic carbocycles. The van der Waals surface area contributed by atoms with Crippen LogP contribution < -0.4 is 10.3 Å². The van der Waals surface area contributed by atoms with Crippen molar-refractivity contribution in [3.8, 4) is 6.07 Å². The Hall–Kier alpha value is -3.24. The van der Waals surface area contributed by atoms with Gasteiger partial charge in [0.15, 0.2) is 0 Å². The number of rotatable bonds is 5. The number of nitrogens with zero attached hydrogens (tertiary/aromatic N) is 3. The van der Waals surface area contributed by atoms with E-state index >= 15 is 0 Å². The summed E-state index contributed by atoms with van der Waals surface area (Å²) in [6, 6.07) is 8.95. The summed E-state index contributed by atoms with van der Waals surface area (Å²) in [6.07, 6.45) is 5.67. The summed E-state index contributed by atoms with van der Waals surface area (Å²) in [7, 11) is 1.91. The quantitative estimate of drug-likeness (QED) is 0.615. The number of aromatic nitrogens is 2. The molecule has 144 valence electrons. The Morgan fingerprint density at radius 3 is 2.75 bits per heavy atom. The van der Waals surface area contributed by atoms with E-state index in [0.717, 1.165) is 0 Å². The van der Waals surface area contributed by atoms with E-state index in [9.17, 15) is 10.1 Å². The number of halogens is 1. The Morgan fingerprint density at radius 2 is 2.14 bits per heavy atom. The number of hydrogen-bond donors (Lipinski definition) is 1. The number of carbonyl (C=O) groups is 1. The summed E-state index contributed by atoms with van der Waals surface area (Å²) in [5, 5.41) is 10.1. The largest absolute Gasteiger partial charge is 0.458 e. The van der Waals surface area contributed by atoms with Crippen molar-refractivity contribution in [2.75, 3.05) is 6.61 Å². The second-order valence-electron chi connectivity index (χ2n) is 6.40. The SMILES string of the molecule is CC1=C(C(=O)OCCn2cc[n+](C)c2)C(c2ccc(Cl)cc2)C(C#N)=C(N)O1. The molecule has 8 heteroatoms. The van der Waals surface area contributed by atoms with Crippen molar-refractivity contribution in [2.45, 2.75) is 19.4 Å². The zero-order valence-corrected chi connectivity index (χ0v) is 16.3. The predicted molar refractivity (Wildman–Crippen MR) is 101 cm³/mol. The van der Waals surface area contributed by atoms with Crippen molar-refractivity contribution < 1.29 is 18.8 Å². The van der Waals surface area contributed by atoms with Gasteiger partial charge in [-0.3, -0.25) is 0 Å². The van der Waals surface area contributed by atoms with Crippen LogP contribution in [0.2, 0.25) is 5.02 Å². The molecule has 1 atom stereocenters. The maximum atomic E-state index is 12.8. The maximum Gasteiger partial charge on any atom is 0.338 e. The molecule has 2 heterocycles. The normalized spacial score (nSPS) is 16.6. The molecule has 3 rings (SSSR count). The van der Waals surface area contributed by atoms with E-state index in [-0.39, 0.29) is 23.6 Å². The van der Waals surface area contributed by atoms with Crippen molar-refractivity contribution in [2.24, 2.45) is 12.8 Å². The first kappa shape index (κ1) is 19.5. The van der Waals surface area contributed by atoms with Crippen LogP contribution in [0, 0.1) is 11.3 Å². The summed E-state index contributed by atoms with van der Waals surface area (Å²) in [5.41, 5.74) is 7.02. The molecule has 0 saturated heterocycles. The average Bonchev–Trinajstić information content (AvgIpc) is 3.07. The Balaban J connectivity index is 1.85. The van der Waals surface area contributed by atoms with Crippen LogP contribution in [-0.4, -0.2) is 17.1 Å². The number of allylic oxidation sites excluding steroid dienone is 2. The third-order valence-corrected chi connectivity index (χ3v) is 4.69. The van der Waals surface area contributed by atoms with E-state index in [1.807, 2.05) is 34.9 Å². The first-order chi connectivity index (χ1) is 13.4. The number of hydrogen-bond acceptors (Lipinski definition) is 5. The third-order valence-electron chi connectivity index (χ3n) is 4.44. The highest BCUT2D eigenvalue weighted by atomic mass is 35.5. The van der Waals surface area contributed by atoms with Gasteiger partial charge in [-0.25, -0.2) is 13.9 Å². The van der Waals surface area contributed by atoms with Crippen LogP contribution in [0.15, 0.2) is 65.8 Å². The van der Waals surface area contributed by atoms with Crippen LogP contribution in [0.5, 0.6) is 0 Å². The molecule has 0 radical (unpaired) electrons. The van der Waals surface area contributed by atoms with Crippen LogP contribution >= 0.6 is 11.6 Å². The van der Waals surface area contributed by atoms with Gasteiger partial charge < -0.3 is 15.2 Å². The van der Waals surface area contributed by atoms with Crippen molar-refractivity contribution in [3.05, 3.63) is 76.4 Å². The molecule has 0 bridgehead atoms. The first-order valence-electron chi connectivity index (χ1n) is 8.62. The van der Waals surface area contributed by atoms with Gasteiger partial charge in [-0.2, -0.15) is 5.26 Å². The number of imidazole rings is 1. The van der Waals surface area contributed by atoms with Crippen LogP contribution in [0.3, 0.4) is 0 Å². The van der Waals surface area contributed by atoms with Crippen molar-refractivity contribution in [1.82, 2.24) is 4.57 Å². The van der Waals surface area contributed by atoms with Crippen LogP contribution in [-0.2, 0) is 27.9 Å². The van der Waals surface area contributed by atoms with Gasteiger partial charge in [0.2, 0.25) is 12.2 Å². The van der Waals surface area contributed by atoms with Gasteiger partial charge in [-0.1, -0.05) is 23.7 Å². The molecule has 0 saturated carbocycles. The van der Waals surface area contributed by atoms with Crippen molar-refractivity contribution in [3.63, 3.8) is 0 Å². The number of benzene rings is 1. The Kier molecular flexibility index (Phi) is 5.71. The second kappa shape index (κ2) is 8.19. The highest BCUT2D eigenvalue weighted by molar-refractivity contribution is 6.30. The molecule has 0 spiro atoms. The first-order valence-corrected chi connectivity index (χ1v) is 9.00. The summed E-state index contributed by atoms with van der Waals surface area (Å²) in [4.78, 5) is 12.8. The molecular weight excluding hydrogens is 380 g/mol. The zero-order valence-electron chi connectivity index (χ0n) is 15.6. The number of aryl methyl sites for hydroxylation is 1. The number of ether oxygens (including phenoxy) is 2. The lowest BCUT2D eigenvalue weighted by Gasteiger charge is -2.26. The molecular formula is C20H20ClN4O3+. The molecule has 28 heavy (non-hydrogen) atoms. The number of nitriles is 1. The fourth-order valence-corrected chi connectivity index (χ4v) is 3.22. The van der Waals surface area contributed by atoms with Gasteiger partial charge in [0.05, 0.1) is 18.5 Å². The molecule has 2 N–H and O–H groups in total. The Labute approximate surface area is 167 Å². The predicted octanol–water partition coefficient (Wildman–Crippen LogP) is 2.29. The van der Waals surface area contributed by atoms with E-state index in [4.69, 9.17) is 26.8 Å². The molecule has 1 aliphatic rings. The summed E-state index contributed by atoms with van der Waals surface area (Å²) in [5.74, 6) is -0.924. The Morgan fingerprint density at radius 1 is 1.43 bits per heavy atom. The van der Waals surface area contributed by atoms with Gasteiger partial charge in [-0.15, -0.1) is 0 Å². The number of esters is 1. The van der Waals surface area contributed by atoms with Gasteiger partial charge in [-0.05, 0) is 24.6 Å². The lowest BCUT2D eigenvalue weighted by Crippen LogP contribution is -2.26. The smallest absolute Gasteiger partial charge is 0.338 e. The van der Waals surface area contributed by atoms with E-state index in [2.05, 4.69) is 6.07 Å². The zero-order chi connectivity index (χ0) is 20.3. The number of carbonyl (C=O) groups excluding carboxylic acids is 1. The van der Waals surface area contributed by atoms with E-state index in [0.29, 0.717) is 22.9 Å². The highest BCUT2D eigenvalue weighted by Crippen LogP contribution is 2.39. The molecule has 1 aliphatic heterocycles. The highest BCUT2D eigenvalue weighted by Gasteiger charge is 2.36. The molecule has 0 fully saturated rings. The van der Waals surface area contributed by atoms with E-state index in [1.54, 1.807) is 31.2 Å². The molecule has 1 aromatic carbocycles. The lowest BCUT2D eigenvalue weighted by atomic mass is 9.83. The monoisotopic (exact) mass is 399 g/mol. The third kappa shape index (κ3) is 4.02. The summed E-state index contributed by atoms with van der Waals surface area (Å²) < 4.78 is 14.7. The van der Waals surface area contributed by atoms with Gasteiger partial charge in [0.1, 0.15) is 42.9 Å². The van der Waals surface area contributed by atoms with Gasteiger partial charge >= 0.3 is 5.97 Å². The molecule has 1 aromatic heterocycles. The molecule has 2 aromatic rings. The number of nitrogens with two attached hydrogens (primary N) is 1. The minimum atomic E-state index is -0.673. The van der Waals surface area contributed by atoms with Crippen molar-refractivity contribution in [1.29, 1.82) is 5.26 Å². The topological polar surface area (TPSA) is 94.2 Å². The van der Waals surface area contributed by atoms with E-state index in [1.165, 1.54) is 0 Å². The minimum absolute atomic E-state index is 0.0173. The molecule has 0 amide bonds. The summed E-state index contributed by atoms with van der Waals surface area (Å²) in [6.45, 7) is 2.32.